The van der Waals surface area contributed by atoms with Gasteiger partial charge >= 0.3 is 0 Å². The van der Waals surface area contributed by atoms with E-state index < -0.39 is 6.10 Å². The second-order valence-electron chi connectivity index (χ2n) is 7.04. The average Bonchev–Trinajstić information content (AvgIpc) is 2.79. The molecule has 7 nitrogen and oxygen atoms in total. The van der Waals surface area contributed by atoms with Crippen LogP contribution < -0.4 is 14.4 Å². The monoisotopic (exact) mass is 396 g/mol. The molecule has 1 fully saturated rings. The first-order valence-corrected chi connectivity index (χ1v) is 9.71. The van der Waals surface area contributed by atoms with Gasteiger partial charge in [0, 0.05) is 13.1 Å². The summed E-state index contributed by atoms with van der Waals surface area (Å²) in [5, 5.41) is 0. The van der Waals surface area contributed by atoms with Crippen LogP contribution in [0, 0.1) is 0 Å². The summed E-state index contributed by atoms with van der Waals surface area (Å²) in [6.07, 6.45) is -0.487. The molecule has 0 aromatic heterocycles. The standard InChI is InChI=1S/C22H24N2O5/c1-27-17-8-6-16(7-9-17)14-21(25)24-15-20(22(26)23-10-12-28-13-11-23)29-19-5-3-2-4-18(19)24/h2-9,20H,10-15H2,1H3/t20-/m0/s1. The molecule has 0 saturated carbocycles. The molecule has 0 unspecified atom stereocenters. The zero-order valence-corrected chi connectivity index (χ0v) is 16.4. The number of hydrogen-bond donors (Lipinski definition) is 0. The number of nitrogens with zero attached hydrogens (tertiary/aromatic N) is 2. The molecule has 0 bridgehead atoms. The summed E-state index contributed by atoms with van der Waals surface area (Å²) in [6.45, 7) is 2.33. The van der Waals surface area contributed by atoms with Crippen LogP contribution in [0.15, 0.2) is 48.5 Å². The van der Waals surface area contributed by atoms with E-state index in [0.717, 1.165) is 11.3 Å². The first-order valence-electron chi connectivity index (χ1n) is 9.71. The van der Waals surface area contributed by atoms with E-state index in [-0.39, 0.29) is 24.8 Å². The molecule has 2 aromatic carbocycles. The number of fused-ring (bicyclic) bond motifs is 1. The quantitative estimate of drug-likeness (QED) is 0.790. The van der Waals surface area contributed by atoms with Gasteiger partial charge in [-0.3, -0.25) is 9.59 Å². The molecule has 152 valence electrons. The van der Waals surface area contributed by atoms with Crippen LogP contribution in [0.2, 0.25) is 0 Å². The highest BCUT2D eigenvalue weighted by molar-refractivity contribution is 5.98. The number of amides is 2. The van der Waals surface area contributed by atoms with Gasteiger partial charge in [0.1, 0.15) is 11.5 Å². The summed E-state index contributed by atoms with van der Waals surface area (Å²) in [7, 11) is 1.61. The number of methoxy groups -OCH3 is 1. The first-order chi connectivity index (χ1) is 14.2. The van der Waals surface area contributed by atoms with Gasteiger partial charge in [-0.15, -0.1) is 0 Å². The van der Waals surface area contributed by atoms with E-state index in [2.05, 4.69) is 0 Å². The Balaban J connectivity index is 1.53. The average molecular weight is 396 g/mol. The maximum absolute atomic E-state index is 13.1. The highest BCUT2D eigenvalue weighted by Crippen LogP contribution is 2.34. The number of benzene rings is 2. The van der Waals surface area contributed by atoms with E-state index in [4.69, 9.17) is 14.2 Å². The number of anilines is 1. The molecule has 7 heteroatoms. The first kappa shape index (κ1) is 19.3. The van der Waals surface area contributed by atoms with Crippen LogP contribution in [-0.2, 0) is 20.7 Å². The molecule has 0 aliphatic carbocycles. The van der Waals surface area contributed by atoms with E-state index in [0.29, 0.717) is 37.7 Å². The van der Waals surface area contributed by atoms with E-state index >= 15 is 0 Å². The SMILES string of the molecule is COc1ccc(CC(=O)N2C[C@@H](C(=O)N3CCOCC3)Oc3ccccc32)cc1. The molecule has 0 N–H and O–H groups in total. The van der Waals surface area contributed by atoms with Crippen LogP contribution in [0.4, 0.5) is 5.69 Å². The second-order valence-corrected chi connectivity index (χ2v) is 7.04. The zero-order chi connectivity index (χ0) is 20.2. The molecule has 0 radical (unpaired) electrons. The molecule has 4 rings (SSSR count). The minimum absolute atomic E-state index is 0.0781. The van der Waals surface area contributed by atoms with E-state index in [1.807, 2.05) is 42.5 Å². The van der Waals surface area contributed by atoms with Crippen LogP contribution in [0.25, 0.3) is 0 Å². The van der Waals surface area contributed by atoms with Crippen LogP contribution in [-0.4, -0.2) is 62.8 Å². The van der Waals surface area contributed by atoms with Gasteiger partial charge in [0.05, 0.1) is 39.0 Å². The molecule has 2 aliphatic heterocycles. The van der Waals surface area contributed by atoms with Gasteiger partial charge in [-0.1, -0.05) is 24.3 Å². The fourth-order valence-electron chi connectivity index (χ4n) is 3.60. The summed E-state index contributed by atoms with van der Waals surface area (Å²) in [6, 6.07) is 14.8. The normalized spacial score (nSPS) is 18.6. The number of morpholine rings is 1. The predicted molar refractivity (Wildman–Crippen MR) is 107 cm³/mol. The maximum atomic E-state index is 13.1. The Labute approximate surface area is 169 Å². The lowest BCUT2D eigenvalue weighted by Gasteiger charge is -2.37. The summed E-state index contributed by atoms with van der Waals surface area (Å²) < 4.78 is 16.5. The van der Waals surface area contributed by atoms with Crippen LogP contribution in [0.3, 0.4) is 0 Å². The molecule has 2 amide bonds. The summed E-state index contributed by atoms with van der Waals surface area (Å²) in [5.74, 6) is 1.11. The fourth-order valence-corrected chi connectivity index (χ4v) is 3.60. The van der Waals surface area contributed by atoms with Crippen LogP contribution in [0.5, 0.6) is 11.5 Å². The predicted octanol–water partition coefficient (Wildman–Crippen LogP) is 1.89. The zero-order valence-electron chi connectivity index (χ0n) is 16.4. The second kappa shape index (κ2) is 8.53. The summed E-state index contributed by atoms with van der Waals surface area (Å²) >= 11 is 0. The Bertz CT molecular complexity index is 877. The Morgan fingerprint density at radius 3 is 2.52 bits per heavy atom. The Kier molecular flexibility index (Phi) is 5.67. The van der Waals surface area contributed by atoms with E-state index in [1.165, 1.54) is 0 Å². The number of carbonyl (C=O) groups is 2. The van der Waals surface area contributed by atoms with Gasteiger partial charge < -0.3 is 24.0 Å². The lowest BCUT2D eigenvalue weighted by atomic mass is 10.1. The smallest absolute Gasteiger partial charge is 0.265 e. The number of para-hydroxylation sites is 2. The third-order valence-corrected chi connectivity index (χ3v) is 5.19. The fraction of sp³-hybridized carbons (Fsp3) is 0.364. The molecule has 2 aromatic rings. The van der Waals surface area contributed by atoms with Crippen molar-refractivity contribution in [2.45, 2.75) is 12.5 Å². The van der Waals surface area contributed by atoms with Crippen molar-refractivity contribution >= 4 is 17.5 Å². The molecule has 2 aliphatic rings. The van der Waals surface area contributed by atoms with Crippen molar-refractivity contribution < 1.29 is 23.8 Å². The number of hydrogen-bond acceptors (Lipinski definition) is 5. The van der Waals surface area contributed by atoms with Gasteiger partial charge in [0.15, 0.2) is 6.10 Å². The number of ether oxygens (including phenoxy) is 3. The van der Waals surface area contributed by atoms with E-state index in [9.17, 15) is 9.59 Å². The maximum Gasteiger partial charge on any atom is 0.265 e. The molecule has 0 spiro atoms. The molecule has 2 heterocycles. The molecular formula is C22H24N2O5. The van der Waals surface area contributed by atoms with Gasteiger partial charge in [0.2, 0.25) is 5.91 Å². The molecule has 29 heavy (non-hydrogen) atoms. The number of carbonyl (C=O) groups excluding carboxylic acids is 2. The Morgan fingerprint density at radius 1 is 1.07 bits per heavy atom. The molecule has 1 saturated heterocycles. The Morgan fingerprint density at radius 2 is 1.79 bits per heavy atom. The van der Waals surface area contributed by atoms with Gasteiger partial charge in [-0.25, -0.2) is 0 Å². The van der Waals surface area contributed by atoms with Crippen molar-refractivity contribution in [2.75, 3.05) is 44.9 Å². The van der Waals surface area contributed by atoms with Gasteiger partial charge in [-0.2, -0.15) is 0 Å². The van der Waals surface area contributed by atoms with E-state index in [1.54, 1.807) is 23.0 Å². The Hall–Kier alpha value is -3.06. The number of rotatable bonds is 4. The summed E-state index contributed by atoms with van der Waals surface area (Å²) in [5.41, 5.74) is 1.58. The van der Waals surface area contributed by atoms with Gasteiger partial charge in [-0.05, 0) is 29.8 Å². The van der Waals surface area contributed by atoms with Crippen molar-refractivity contribution in [1.29, 1.82) is 0 Å². The van der Waals surface area contributed by atoms with Crippen molar-refractivity contribution in [1.82, 2.24) is 4.90 Å². The lowest BCUT2D eigenvalue weighted by Crippen LogP contribution is -2.54. The van der Waals surface area contributed by atoms with Gasteiger partial charge in [0.25, 0.3) is 5.91 Å². The van der Waals surface area contributed by atoms with Crippen molar-refractivity contribution in [2.24, 2.45) is 0 Å². The van der Waals surface area contributed by atoms with Crippen molar-refractivity contribution in [3.8, 4) is 11.5 Å². The minimum atomic E-state index is -0.720. The van der Waals surface area contributed by atoms with Crippen molar-refractivity contribution in [3.05, 3.63) is 54.1 Å². The lowest BCUT2D eigenvalue weighted by molar-refractivity contribution is -0.142. The minimum Gasteiger partial charge on any atom is -0.497 e. The van der Waals surface area contributed by atoms with Crippen LogP contribution in [0.1, 0.15) is 5.56 Å². The summed E-state index contributed by atoms with van der Waals surface area (Å²) in [4.78, 5) is 29.5. The highest BCUT2D eigenvalue weighted by atomic mass is 16.5. The largest absolute Gasteiger partial charge is 0.497 e. The van der Waals surface area contributed by atoms with Crippen molar-refractivity contribution in [3.63, 3.8) is 0 Å². The van der Waals surface area contributed by atoms with Crippen LogP contribution >= 0.6 is 0 Å². The molecule has 1 atom stereocenters. The highest BCUT2D eigenvalue weighted by Gasteiger charge is 2.36. The third kappa shape index (κ3) is 4.19. The third-order valence-electron chi connectivity index (χ3n) is 5.19. The molecular weight excluding hydrogens is 372 g/mol. The topological polar surface area (TPSA) is 68.3 Å².